The van der Waals surface area contributed by atoms with Crippen molar-refractivity contribution in [2.75, 3.05) is 18.5 Å². The van der Waals surface area contributed by atoms with Crippen LogP contribution in [0.25, 0.3) is 0 Å². The fourth-order valence-electron chi connectivity index (χ4n) is 2.00. The number of aromatic carboxylic acids is 1. The zero-order valence-corrected chi connectivity index (χ0v) is 9.95. The maximum Gasteiger partial charge on any atom is 0.335 e. The first-order valence-electron chi connectivity index (χ1n) is 5.94. The zero-order valence-electron chi connectivity index (χ0n) is 9.95. The summed E-state index contributed by atoms with van der Waals surface area (Å²) in [5.74, 6) is -1.70. The van der Waals surface area contributed by atoms with Crippen LogP contribution in [0.5, 0.6) is 0 Å². The number of carboxylic acids is 1. The van der Waals surface area contributed by atoms with Gasteiger partial charge in [-0.25, -0.2) is 9.18 Å². The van der Waals surface area contributed by atoms with Crippen molar-refractivity contribution in [2.24, 2.45) is 5.41 Å². The summed E-state index contributed by atoms with van der Waals surface area (Å²) in [7, 11) is 0. The van der Waals surface area contributed by atoms with E-state index < -0.39 is 11.8 Å². The fraction of sp³-hybridized carbons (Fsp3) is 0.462. The van der Waals surface area contributed by atoms with E-state index in [1.54, 1.807) is 0 Å². The van der Waals surface area contributed by atoms with Crippen LogP contribution in [0.4, 0.5) is 10.1 Å². The van der Waals surface area contributed by atoms with Gasteiger partial charge in [-0.05, 0) is 42.9 Å². The molecule has 0 atom stereocenters. The number of benzene rings is 1. The molecule has 0 unspecified atom stereocenters. The van der Waals surface area contributed by atoms with Gasteiger partial charge < -0.3 is 15.5 Å². The van der Waals surface area contributed by atoms with Crippen molar-refractivity contribution in [3.8, 4) is 0 Å². The van der Waals surface area contributed by atoms with Crippen molar-refractivity contribution in [3.63, 3.8) is 0 Å². The van der Waals surface area contributed by atoms with Gasteiger partial charge in [0.1, 0.15) is 5.82 Å². The number of carboxylic acid groups (broad SMARTS) is 1. The summed E-state index contributed by atoms with van der Waals surface area (Å²) in [6.07, 6.45) is 2.79. The first-order chi connectivity index (χ1) is 8.56. The van der Waals surface area contributed by atoms with Crippen LogP contribution in [0.2, 0.25) is 0 Å². The van der Waals surface area contributed by atoms with Gasteiger partial charge in [0, 0.05) is 13.2 Å². The lowest BCUT2D eigenvalue weighted by Crippen LogP contribution is -2.17. The molecule has 0 aliphatic heterocycles. The van der Waals surface area contributed by atoms with Crippen LogP contribution in [-0.2, 0) is 0 Å². The third-order valence-corrected chi connectivity index (χ3v) is 3.47. The third-order valence-electron chi connectivity index (χ3n) is 3.47. The number of rotatable bonds is 6. The van der Waals surface area contributed by atoms with Crippen molar-refractivity contribution in [3.05, 3.63) is 29.6 Å². The quantitative estimate of drug-likeness (QED) is 0.726. The summed E-state index contributed by atoms with van der Waals surface area (Å²) in [5.41, 5.74) is 0.339. The molecular weight excluding hydrogens is 237 g/mol. The highest BCUT2D eigenvalue weighted by atomic mass is 19.1. The zero-order chi connectivity index (χ0) is 13.2. The van der Waals surface area contributed by atoms with Gasteiger partial charge in [0.2, 0.25) is 0 Å². The molecule has 1 aromatic rings. The summed E-state index contributed by atoms with van der Waals surface area (Å²) < 4.78 is 13.6. The monoisotopic (exact) mass is 253 g/mol. The van der Waals surface area contributed by atoms with E-state index in [1.165, 1.54) is 12.1 Å². The normalized spacial score (nSPS) is 16.3. The van der Waals surface area contributed by atoms with Gasteiger partial charge >= 0.3 is 5.97 Å². The molecule has 5 heteroatoms. The van der Waals surface area contributed by atoms with Crippen LogP contribution in [0.15, 0.2) is 18.2 Å². The van der Waals surface area contributed by atoms with E-state index in [0.717, 1.165) is 25.3 Å². The van der Waals surface area contributed by atoms with E-state index in [4.69, 9.17) is 10.2 Å². The molecule has 18 heavy (non-hydrogen) atoms. The third kappa shape index (κ3) is 2.79. The van der Waals surface area contributed by atoms with Gasteiger partial charge in [-0.3, -0.25) is 0 Å². The Balaban J connectivity index is 2.00. The molecule has 1 fully saturated rings. The molecule has 3 N–H and O–H groups in total. The first-order valence-corrected chi connectivity index (χ1v) is 5.94. The Morgan fingerprint density at radius 1 is 1.44 bits per heavy atom. The standard InChI is InChI=1S/C13H16FNO3/c14-10-7-9(12(17)18)1-2-11(10)15-8-13(3-4-13)5-6-16/h1-2,7,15-16H,3-6,8H2,(H,17,18). The Hall–Kier alpha value is -1.62. The van der Waals surface area contributed by atoms with E-state index in [1.807, 2.05) is 0 Å². The molecule has 0 bridgehead atoms. The molecule has 1 aromatic carbocycles. The summed E-state index contributed by atoms with van der Waals surface area (Å²) >= 11 is 0. The lowest BCUT2D eigenvalue weighted by atomic mass is 10.0. The van der Waals surface area contributed by atoms with Crippen molar-refractivity contribution < 1.29 is 19.4 Å². The minimum absolute atomic E-state index is 0.0606. The van der Waals surface area contributed by atoms with Crippen molar-refractivity contribution in [1.82, 2.24) is 0 Å². The summed E-state index contributed by atoms with van der Waals surface area (Å²) in [5, 5.41) is 20.6. The molecule has 1 aliphatic carbocycles. The van der Waals surface area contributed by atoms with Crippen LogP contribution in [-0.4, -0.2) is 29.3 Å². The number of aliphatic hydroxyl groups is 1. The molecule has 98 valence electrons. The number of nitrogens with one attached hydrogen (secondary N) is 1. The van der Waals surface area contributed by atoms with Gasteiger partial charge in [-0.1, -0.05) is 0 Å². The molecule has 0 spiro atoms. The summed E-state index contributed by atoms with van der Waals surface area (Å²) in [6, 6.07) is 3.82. The van der Waals surface area contributed by atoms with Crippen LogP contribution in [0, 0.1) is 11.2 Å². The van der Waals surface area contributed by atoms with Crippen LogP contribution < -0.4 is 5.32 Å². The predicted molar refractivity (Wildman–Crippen MR) is 65.2 cm³/mol. The number of halogens is 1. The van der Waals surface area contributed by atoms with E-state index in [2.05, 4.69) is 5.32 Å². The highest BCUT2D eigenvalue weighted by molar-refractivity contribution is 5.88. The number of carbonyl (C=O) groups is 1. The highest BCUT2D eigenvalue weighted by Crippen LogP contribution is 2.48. The second kappa shape index (κ2) is 4.94. The molecule has 0 radical (unpaired) electrons. The Bertz CT molecular complexity index is 458. The number of aliphatic hydroxyl groups excluding tert-OH is 1. The maximum atomic E-state index is 13.6. The SMILES string of the molecule is O=C(O)c1ccc(NCC2(CCO)CC2)c(F)c1. The number of hydrogen-bond acceptors (Lipinski definition) is 3. The summed E-state index contributed by atoms with van der Waals surface area (Å²) in [4.78, 5) is 10.7. The second-order valence-corrected chi connectivity index (χ2v) is 4.83. The smallest absolute Gasteiger partial charge is 0.335 e. The Labute approximate surface area is 104 Å². The van der Waals surface area contributed by atoms with Crippen LogP contribution in [0.1, 0.15) is 29.6 Å². The Kier molecular flexibility index (Phi) is 3.52. The predicted octanol–water partition coefficient (Wildman–Crippen LogP) is 2.10. The van der Waals surface area contributed by atoms with Crippen molar-refractivity contribution in [1.29, 1.82) is 0 Å². The molecule has 1 aliphatic rings. The molecule has 0 saturated heterocycles. The van der Waals surface area contributed by atoms with Gasteiger partial charge in [0.05, 0.1) is 11.3 Å². The fourth-order valence-corrected chi connectivity index (χ4v) is 2.00. The molecular formula is C13H16FNO3. The van der Waals surface area contributed by atoms with Gasteiger partial charge in [0.15, 0.2) is 0 Å². The summed E-state index contributed by atoms with van der Waals surface area (Å²) in [6.45, 7) is 0.749. The second-order valence-electron chi connectivity index (χ2n) is 4.83. The highest BCUT2D eigenvalue weighted by Gasteiger charge is 2.41. The average molecular weight is 253 g/mol. The molecule has 4 nitrogen and oxygen atoms in total. The van der Waals surface area contributed by atoms with Crippen molar-refractivity contribution in [2.45, 2.75) is 19.3 Å². The number of anilines is 1. The maximum absolute atomic E-state index is 13.6. The van der Waals surface area contributed by atoms with Crippen LogP contribution >= 0.6 is 0 Å². The topological polar surface area (TPSA) is 69.6 Å². The minimum atomic E-state index is -1.14. The first kappa shape index (κ1) is 12.8. The van der Waals surface area contributed by atoms with E-state index in [9.17, 15) is 9.18 Å². The average Bonchev–Trinajstić information content (AvgIpc) is 3.08. The van der Waals surface area contributed by atoms with Gasteiger partial charge in [0.25, 0.3) is 0 Å². The van der Waals surface area contributed by atoms with Crippen molar-refractivity contribution >= 4 is 11.7 Å². The van der Waals surface area contributed by atoms with Gasteiger partial charge in [-0.2, -0.15) is 0 Å². The van der Waals surface area contributed by atoms with E-state index in [-0.39, 0.29) is 17.6 Å². The molecule has 1 saturated carbocycles. The number of hydrogen-bond donors (Lipinski definition) is 3. The lowest BCUT2D eigenvalue weighted by Gasteiger charge is -2.16. The molecule has 0 heterocycles. The molecule has 0 amide bonds. The Morgan fingerprint density at radius 3 is 2.67 bits per heavy atom. The molecule has 2 rings (SSSR count). The van der Waals surface area contributed by atoms with Gasteiger partial charge in [-0.15, -0.1) is 0 Å². The Morgan fingerprint density at radius 2 is 2.17 bits per heavy atom. The van der Waals surface area contributed by atoms with E-state index >= 15 is 0 Å². The van der Waals surface area contributed by atoms with E-state index in [0.29, 0.717) is 12.2 Å². The molecule has 0 aromatic heterocycles. The minimum Gasteiger partial charge on any atom is -0.478 e. The largest absolute Gasteiger partial charge is 0.478 e. The van der Waals surface area contributed by atoms with Crippen LogP contribution in [0.3, 0.4) is 0 Å². The lowest BCUT2D eigenvalue weighted by molar-refractivity contribution is 0.0696.